The van der Waals surface area contributed by atoms with Gasteiger partial charge in [0.1, 0.15) is 23.7 Å². The standard InChI is InChI=1S/C23H27NO3/c1-16(25-4)10-18-11-20(26-15-17-8-6-5-7-9-17)22-19(14-24)13-23(2,3)27-21(22)12-18/h5-9,11-12,16,19H,10,13,15H2,1-4H3. The first-order valence-electron chi connectivity index (χ1n) is 9.37. The number of hydrogen-bond donors (Lipinski definition) is 0. The number of rotatable bonds is 6. The van der Waals surface area contributed by atoms with Crippen LogP contribution in [0.15, 0.2) is 42.5 Å². The number of nitrogens with zero attached hydrogens (tertiary/aromatic N) is 1. The van der Waals surface area contributed by atoms with Gasteiger partial charge in [0, 0.05) is 13.5 Å². The van der Waals surface area contributed by atoms with Gasteiger partial charge in [0.15, 0.2) is 0 Å². The summed E-state index contributed by atoms with van der Waals surface area (Å²) >= 11 is 0. The van der Waals surface area contributed by atoms with Gasteiger partial charge >= 0.3 is 0 Å². The van der Waals surface area contributed by atoms with Crippen LogP contribution in [0.3, 0.4) is 0 Å². The van der Waals surface area contributed by atoms with E-state index in [1.807, 2.05) is 63.2 Å². The molecule has 0 aliphatic carbocycles. The number of nitriles is 1. The minimum Gasteiger partial charge on any atom is -0.488 e. The minimum absolute atomic E-state index is 0.0911. The highest BCUT2D eigenvalue weighted by Gasteiger charge is 2.36. The quantitative estimate of drug-likeness (QED) is 0.722. The van der Waals surface area contributed by atoms with Crippen LogP contribution in [0, 0.1) is 11.3 Å². The molecule has 1 aliphatic heterocycles. The highest BCUT2D eigenvalue weighted by atomic mass is 16.5. The van der Waals surface area contributed by atoms with E-state index in [2.05, 4.69) is 6.07 Å². The van der Waals surface area contributed by atoms with Crippen LogP contribution in [0.25, 0.3) is 0 Å². The van der Waals surface area contributed by atoms with Crippen LogP contribution < -0.4 is 9.47 Å². The Morgan fingerprint density at radius 1 is 1.22 bits per heavy atom. The molecule has 0 bridgehead atoms. The first-order valence-corrected chi connectivity index (χ1v) is 9.37. The summed E-state index contributed by atoms with van der Waals surface area (Å²) in [6.45, 7) is 6.54. The second kappa shape index (κ2) is 8.02. The van der Waals surface area contributed by atoms with E-state index in [4.69, 9.17) is 14.2 Å². The van der Waals surface area contributed by atoms with Crippen LogP contribution in [0.4, 0.5) is 0 Å². The first-order chi connectivity index (χ1) is 12.9. The molecular formula is C23H27NO3. The Balaban J connectivity index is 1.98. The van der Waals surface area contributed by atoms with Gasteiger partial charge < -0.3 is 14.2 Å². The van der Waals surface area contributed by atoms with Gasteiger partial charge in [0.05, 0.1) is 23.7 Å². The Morgan fingerprint density at radius 2 is 1.96 bits per heavy atom. The molecular weight excluding hydrogens is 338 g/mol. The molecule has 1 heterocycles. The van der Waals surface area contributed by atoms with Crippen molar-refractivity contribution in [3.8, 4) is 17.6 Å². The molecule has 0 N–H and O–H groups in total. The van der Waals surface area contributed by atoms with Gasteiger partial charge in [0.25, 0.3) is 0 Å². The molecule has 1 aliphatic rings. The Kier molecular flexibility index (Phi) is 5.72. The molecule has 0 fully saturated rings. The highest BCUT2D eigenvalue weighted by molar-refractivity contribution is 5.54. The number of ether oxygens (including phenoxy) is 3. The van der Waals surface area contributed by atoms with Crippen LogP contribution >= 0.6 is 0 Å². The van der Waals surface area contributed by atoms with E-state index in [0.717, 1.165) is 34.6 Å². The van der Waals surface area contributed by atoms with E-state index in [1.165, 1.54) is 0 Å². The van der Waals surface area contributed by atoms with Gasteiger partial charge in [-0.05, 0) is 50.5 Å². The third kappa shape index (κ3) is 4.61. The fourth-order valence-corrected chi connectivity index (χ4v) is 3.51. The van der Waals surface area contributed by atoms with Crippen molar-refractivity contribution in [3.63, 3.8) is 0 Å². The van der Waals surface area contributed by atoms with Crippen molar-refractivity contribution in [3.05, 3.63) is 59.2 Å². The van der Waals surface area contributed by atoms with Gasteiger partial charge in [-0.25, -0.2) is 0 Å². The maximum Gasteiger partial charge on any atom is 0.128 e. The van der Waals surface area contributed by atoms with Crippen molar-refractivity contribution in [2.24, 2.45) is 0 Å². The van der Waals surface area contributed by atoms with Crippen LogP contribution in [-0.4, -0.2) is 18.8 Å². The number of fused-ring (bicyclic) bond motifs is 1. The average molecular weight is 365 g/mol. The van der Waals surface area contributed by atoms with Crippen LogP contribution in [-0.2, 0) is 17.8 Å². The maximum absolute atomic E-state index is 9.75. The average Bonchev–Trinajstić information content (AvgIpc) is 2.65. The molecule has 0 spiro atoms. The Hall–Kier alpha value is -2.51. The summed E-state index contributed by atoms with van der Waals surface area (Å²) < 4.78 is 17.8. The van der Waals surface area contributed by atoms with E-state index >= 15 is 0 Å². The molecule has 2 aromatic carbocycles. The lowest BCUT2D eigenvalue weighted by atomic mass is 9.84. The fraction of sp³-hybridized carbons (Fsp3) is 0.435. The SMILES string of the molecule is COC(C)Cc1cc(OCc2ccccc2)c2c(c1)OC(C)(C)CC2C#N. The number of hydrogen-bond acceptors (Lipinski definition) is 4. The van der Waals surface area contributed by atoms with Crippen LogP contribution in [0.2, 0.25) is 0 Å². The van der Waals surface area contributed by atoms with Crippen molar-refractivity contribution in [1.82, 2.24) is 0 Å². The molecule has 0 saturated carbocycles. The summed E-state index contributed by atoms with van der Waals surface area (Å²) in [6, 6.07) is 16.5. The van der Waals surface area contributed by atoms with Crippen molar-refractivity contribution in [2.45, 2.75) is 57.8 Å². The van der Waals surface area contributed by atoms with Gasteiger partial charge in [0.2, 0.25) is 0 Å². The second-order valence-electron chi connectivity index (χ2n) is 7.78. The molecule has 0 aromatic heterocycles. The van der Waals surface area contributed by atoms with E-state index in [9.17, 15) is 5.26 Å². The molecule has 0 amide bonds. The molecule has 2 aromatic rings. The van der Waals surface area contributed by atoms with Crippen molar-refractivity contribution < 1.29 is 14.2 Å². The van der Waals surface area contributed by atoms with Gasteiger partial charge in [-0.1, -0.05) is 30.3 Å². The molecule has 27 heavy (non-hydrogen) atoms. The van der Waals surface area contributed by atoms with Crippen LogP contribution in [0.1, 0.15) is 49.8 Å². The van der Waals surface area contributed by atoms with E-state index in [1.54, 1.807) is 7.11 Å². The van der Waals surface area contributed by atoms with Gasteiger partial charge in [-0.3, -0.25) is 0 Å². The molecule has 4 heteroatoms. The third-order valence-electron chi connectivity index (χ3n) is 4.91. The van der Waals surface area contributed by atoms with Crippen molar-refractivity contribution >= 4 is 0 Å². The van der Waals surface area contributed by atoms with Crippen molar-refractivity contribution in [1.29, 1.82) is 5.26 Å². The van der Waals surface area contributed by atoms with E-state index in [-0.39, 0.29) is 17.6 Å². The third-order valence-corrected chi connectivity index (χ3v) is 4.91. The molecule has 4 nitrogen and oxygen atoms in total. The fourth-order valence-electron chi connectivity index (χ4n) is 3.51. The summed E-state index contributed by atoms with van der Waals surface area (Å²) in [4.78, 5) is 0. The summed E-state index contributed by atoms with van der Waals surface area (Å²) in [7, 11) is 1.71. The lowest BCUT2D eigenvalue weighted by Crippen LogP contribution is -2.34. The minimum atomic E-state index is -0.379. The summed E-state index contributed by atoms with van der Waals surface area (Å²) in [5, 5.41) is 9.75. The summed E-state index contributed by atoms with van der Waals surface area (Å²) in [6.07, 6.45) is 1.49. The monoisotopic (exact) mass is 365 g/mol. The molecule has 0 saturated heterocycles. The molecule has 2 atom stereocenters. The zero-order valence-electron chi connectivity index (χ0n) is 16.5. The molecule has 0 radical (unpaired) electrons. The first kappa shape index (κ1) is 19.3. The topological polar surface area (TPSA) is 51.5 Å². The summed E-state index contributed by atoms with van der Waals surface area (Å²) in [5.74, 6) is 1.24. The molecule has 142 valence electrons. The van der Waals surface area contributed by atoms with E-state index < -0.39 is 0 Å². The molecule has 3 rings (SSSR count). The van der Waals surface area contributed by atoms with Crippen LogP contribution in [0.5, 0.6) is 11.5 Å². The maximum atomic E-state index is 9.75. The number of benzene rings is 2. The Bertz CT molecular complexity index is 824. The zero-order chi connectivity index (χ0) is 19.4. The van der Waals surface area contributed by atoms with Gasteiger partial charge in [-0.15, -0.1) is 0 Å². The largest absolute Gasteiger partial charge is 0.488 e. The molecule has 2 unspecified atom stereocenters. The predicted octanol–water partition coefficient (Wildman–Crippen LogP) is 5.01. The smallest absolute Gasteiger partial charge is 0.128 e. The van der Waals surface area contributed by atoms with Crippen molar-refractivity contribution in [2.75, 3.05) is 7.11 Å². The van der Waals surface area contributed by atoms with E-state index in [0.29, 0.717) is 13.0 Å². The normalized spacial score (nSPS) is 18.7. The Labute approximate surface area is 161 Å². The number of methoxy groups -OCH3 is 1. The zero-order valence-corrected chi connectivity index (χ0v) is 16.5. The summed E-state index contributed by atoms with van der Waals surface area (Å²) in [5.41, 5.74) is 2.66. The van der Waals surface area contributed by atoms with Gasteiger partial charge in [-0.2, -0.15) is 5.26 Å². The highest BCUT2D eigenvalue weighted by Crippen LogP contribution is 2.46. The lowest BCUT2D eigenvalue weighted by molar-refractivity contribution is 0.0773. The predicted molar refractivity (Wildman–Crippen MR) is 105 cm³/mol. The Morgan fingerprint density at radius 3 is 2.63 bits per heavy atom. The lowest BCUT2D eigenvalue weighted by Gasteiger charge is -2.36. The second-order valence-corrected chi connectivity index (χ2v) is 7.78.